The third-order valence-corrected chi connectivity index (χ3v) is 3.90. The Bertz CT molecular complexity index is 419. The van der Waals surface area contributed by atoms with Crippen LogP contribution in [0.25, 0.3) is 0 Å². The van der Waals surface area contributed by atoms with E-state index in [0.717, 1.165) is 25.3 Å². The van der Waals surface area contributed by atoms with Crippen LogP contribution in [0.1, 0.15) is 37.2 Å². The molecule has 1 saturated heterocycles. The van der Waals surface area contributed by atoms with Crippen LogP contribution < -0.4 is 5.32 Å². The molecule has 0 spiro atoms. The molecule has 0 aromatic carbocycles. The lowest BCUT2D eigenvalue weighted by atomic mass is 9.98. The number of nitrogens with one attached hydrogen (secondary N) is 1. The third-order valence-electron chi connectivity index (χ3n) is 3.90. The second-order valence-electron chi connectivity index (χ2n) is 5.77. The van der Waals surface area contributed by atoms with Crippen LogP contribution in [0.4, 0.5) is 0 Å². The van der Waals surface area contributed by atoms with Crippen molar-refractivity contribution in [3.63, 3.8) is 0 Å². The summed E-state index contributed by atoms with van der Waals surface area (Å²) in [6, 6.07) is 4.06. The lowest BCUT2D eigenvalue weighted by Gasteiger charge is -2.33. The van der Waals surface area contributed by atoms with Gasteiger partial charge in [-0.2, -0.15) is 0 Å². The fourth-order valence-corrected chi connectivity index (χ4v) is 2.72. The lowest BCUT2D eigenvalue weighted by Crippen LogP contribution is -2.44. The van der Waals surface area contributed by atoms with E-state index in [1.807, 2.05) is 34.8 Å². The molecule has 1 aliphatic heterocycles. The standard InChI is InChI=1S/C15H25N3O/c1-12(2)18(11-13-6-4-8-16-10-13)15(19)14-7-5-9-17(14)3/h5,7,9,12-13,16H,4,6,8,10-11H2,1-3H3. The molecule has 0 bridgehead atoms. The molecule has 1 aromatic heterocycles. The van der Waals surface area contributed by atoms with Crippen molar-refractivity contribution in [2.24, 2.45) is 13.0 Å². The summed E-state index contributed by atoms with van der Waals surface area (Å²) < 4.78 is 1.90. The first-order valence-corrected chi connectivity index (χ1v) is 7.22. The molecule has 1 unspecified atom stereocenters. The van der Waals surface area contributed by atoms with Gasteiger partial charge in [-0.3, -0.25) is 4.79 Å². The van der Waals surface area contributed by atoms with E-state index < -0.39 is 0 Å². The van der Waals surface area contributed by atoms with Gasteiger partial charge in [0.1, 0.15) is 5.69 Å². The first-order chi connectivity index (χ1) is 9.09. The van der Waals surface area contributed by atoms with Crippen molar-refractivity contribution >= 4 is 5.91 Å². The van der Waals surface area contributed by atoms with E-state index in [-0.39, 0.29) is 11.9 Å². The Morgan fingerprint density at radius 3 is 2.89 bits per heavy atom. The molecule has 1 fully saturated rings. The van der Waals surface area contributed by atoms with Gasteiger partial charge >= 0.3 is 0 Å². The van der Waals surface area contributed by atoms with E-state index in [2.05, 4.69) is 19.2 Å². The zero-order valence-electron chi connectivity index (χ0n) is 12.2. The molecule has 1 atom stereocenters. The summed E-state index contributed by atoms with van der Waals surface area (Å²) in [4.78, 5) is 14.6. The number of aromatic nitrogens is 1. The molecule has 106 valence electrons. The Morgan fingerprint density at radius 2 is 2.37 bits per heavy atom. The number of rotatable bonds is 4. The maximum absolute atomic E-state index is 12.6. The van der Waals surface area contributed by atoms with Gasteiger partial charge in [0.15, 0.2) is 0 Å². The number of aryl methyl sites for hydroxylation is 1. The van der Waals surface area contributed by atoms with Crippen molar-refractivity contribution in [2.45, 2.75) is 32.7 Å². The molecule has 4 heteroatoms. The summed E-state index contributed by atoms with van der Waals surface area (Å²) in [5, 5.41) is 3.42. The Hall–Kier alpha value is -1.29. The summed E-state index contributed by atoms with van der Waals surface area (Å²) in [6.45, 7) is 7.19. The number of hydrogen-bond donors (Lipinski definition) is 1. The first kappa shape index (κ1) is 14.1. The van der Waals surface area contributed by atoms with Crippen molar-refractivity contribution in [2.75, 3.05) is 19.6 Å². The highest BCUT2D eigenvalue weighted by atomic mass is 16.2. The van der Waals surface area contributed by atoms with E-state index in [0.29, 0.717) is 5.92 Å². The predicted molar refractivity (Wildman–Crippen MR) is 77.2 cm³/mol. The maximum atomic E-state index is 12.6. The van der Waals surface area contributed by atoms with E-state index in [1.165, 1.54) is 12.8 Å². The Kier molecular flexibility index (Phi) is 4.64. The van der Waals surface area contributed by atoms with E-state index in [1.54, 1.807) is 0 Å². The second-order valence-corrected chi connectivity index (χ2v) is 5.77. The molecule has 2 rings (SSSR count). The van der Waals surface area contributed by atoms with Gasteiger partial charge in [-0.15, -0.1) is 0 Å². The van der Waals surface area contributed by atoms with E-state index in [9.17, 15) is 4.79 Å². The van der Waals surface area contributed by atoms with Gasteiger partial charge in [-0.1, -0.05) is 0 Å². The summed E-state index contributed by atoms with van der Waals surface area (Å²) in [5.74, 6) is 0.730. The molecule has 1 aromatic rings. The average Bonchev–Trinajstić information content (AvgIpc) is 2.82. The van der Waals surface area contributed by atoms with Crippen LogP contribution in [-0.2, 0) is 7.05 Å². The van der Waals surface area contributed by atoms with Crippen LogP contribution in [0.15, 0.2) is 18.3 Å². The van der Waals surface area contributed by atoms with Crippen LogP contribution >= 0.6 is 0 Å². The van der Waals surface area contributed by atoms with Crippen LogP contribution in [0.3, 0.4) is 0 Å². The highest BCUT2D eigenvalue weighted by molar-refractivity contribution is 5.93. The van der Waals surface area contributed by atoms with Gasteiger partial charge in [-0.05, 0) is 57.8 Å². The SMILES string of the molecule is CC(C)N(CC1CCCNC1)C(=O)c1cccn1C. The molecule has 1 aliphatic rings. The van der Waals surface area contributed by atoms with Crippen LogP contribution in [0.2, 0.25) is 0 Å². The monoisotopic (exact) mass is 263 g/mol. The highest BCUT2D eigenvalue weighted by Crippen LogP contribution is 2.16. The molecule has 4 nitrogen and oxygen atoms in total. The van der Waals surface area contributed by atoms with Crippen molar-refractivity contribution < 1.29 is 4.79 Å². The van der Waals surface area contributed by atoms with Gasteiger partial charge in [0, 0.05) is 25.8 Å². The Balaban J connectivity index is 2.07. The summed E-state index contributed by atoms with van der Waals surface area (Å²) in [7, 11) is 1.92. The highest BCUT2D eigenvalue weighted by Gasteiger charge is 2.24. The molecule has 2 heterocycles. The van der Waals surface area contributed by atoms with Gasteiger partial charge in [0.05, 0.1) is 0 Å². The largest absolute Gasteiger partial charge is 0.347 e. The van der Waals surface area contributed by atoms with Crippen molar-refractivity contribution in [3.05, 3.63) is 24.0 Å². The summed E-state index contributed by atoms with van der Waals surface area (Å²) in [6.07, 6.45) is 4.36. The first-order valence-electron chi connectivity index (χ1n) is 7.22. The second kappa shape index (κ2) is 6.24. The number of nitrogens with zero attached hydrogens (tertiary/aromatic N) is 2. The van der Waals surface area contributed by atoms with Crippen molar-refractivity contribution in [1.29, 1.82) is 0 Å². The topological polar surface area (TPSA) is 37.3 Å². The Labute approximate surface area is 115 Å². The zero-order valence-corrected chi connectivity index (χ0v) is 12.2. The van der Waals surface area contributed by atoms with Crippen molar-refractivity contribution in [3.8, 4) is 0 Å². The average molecular weight is 263 g/mol. The smallest absolute Gasteiger partial charge is 0.270 e. The summed E-state index contributed by atoms with van der Waals surface area (Å²) >= 11 is 0. The van der Waals surface area contributed by atoms with Crippen LogP contribution in [-0.4, -0.2) is 41.1 Å². The molecule has 0 radical (unpaired) electrons. The molecule has 19 heavy (non-hydrogen) atoms. The quantitative estimate of drug-likeness (QED) is 0.900. The molecular weight excluding hydrogens is 238 g/mol. The zero-order chi connectivity index (χ0) is 13.8. The van der Waals surface area contributed by atoms with E-state index in [4.69, 9.17) is 0 Å². The van der Waals surface area contributed by atoms with Gasteiger partial charge in [0.2, 0.25) is 0 Å². The molecular formula is C15H25N3O. The fourth-order valence-electron chi connectivity index (χ4n) is 2.72. The normalized spacial score (nSPS) is 19.7. The van der Waals surface area contributed by atoms with E-state index >= 15 is 0 Å². The minimum Gasteiger partial charge on any atom is -0.347 e. The third kappa shape index (κ3) is 3.38. The minimum absolute atomic E-state index is 0.146. The van der Waals surface area contributed by atoms with Crippen molar-refractivity contribution in [1.82, 2.24) is 14.8 Å². The predicted octanol–water partition coefficient (Wildman–Crippen LogP) is 1.88. The molecule has 1 N–H and O–H groups in total. The fraction of sp³-hybridized carbons (Fsp3) is 0.667. The minimum atomic E-state index is 0.146. The van der Waals surface area contributed by atoms with Gasteiger partial charge in [0.25, 0.3) is 5.91 Å². The molecule has 0 aliphatic carbocycles. The van der Waals surface area contributed by atoms with Crippen LogP contribution in [0, 0.1) is 5.92 Å². The molecule has 0 saturated carbocycles. The van der Waals surface area contributed by atoms with Crippen LogP contribution in [0.5, 0.6) is 0 Å². The maximum Gasteiger partial charge on any atom is 0.270 e. The number of hydrogen-bond acceptors (Lipinski definition) is 2. The number of amides is 1. The van der Waals surface area contributed by atoms with Gasteiger partial charge < -0.3 is 14.8 Å². The lowest BCUT2D eigenvalue weighted by molar-refractivity contribution is 0.0651. The summed E-state index contributed by atoms with van der Waals surface area (Å²) in [5.41, 5.74) is 0.775. The van der Waals surface area contributed by atoms with Gasteiger partial charge in [-0.25, -0.2) is 0 Å². The number of piperidine rings is 1. The Morgan fingerprint density at radius 1 is 1.58 bits per heavy atom. The number of carbonyl (C=O) groups excluding carboxylic acids is 1. The molecule has 1 amide bonds. The number of carbonyl (C=O) groups is 1.